The quantitative estimate of drug-likeness (QED) is 0.454. The average Bonchev–Trinajstić information content (AvgIpc) is 3.17. The highest BCUT2D eigenvalue weighted by Crippen LogP contribution is 2.30. The first-order valence-corrected chi connectivity index (χ1v) is 10.5. The minimum Gasteiger partial charge on any atom is -0.397 e. The third-order valence-corrected chi connectivity index (χ3v) is 6.18. The van der Waals surface area contributed by atoms with Crippen LogP contribution >= 0.6 is 0 Å². The van der Waals surface area contributed by atoms with Gasteiger partial charge in [-0.2, -0.15) is 0 Å². The molecule has 0 bridgehead atoms. The second kappa shape index (κ2) is 7.92. The Labute approximate surface area is 183 Å². The monoisotopic (exact) mass is 436 g/mol. The molecule has 9 heteroatoms. The molecule has 3 heterocycles. The molecule has 5 rings (SSSR count). The van der Waals surface area contributed by atoms with Crippen molar-refractivity contribution < 1.29 is 9.13 Å². The number of hydrogen-bond donors (Lipinski definition) is 3. The van der Waals surface area contributed by atoms with Gasteiger partial charge < -0.3 is 25.3 Å². The number of anilines is 2. The average molecular weight is 436 g/mol. The minimum atomic E-state index is -0.491. The van der Waals surface area contributed by atoms with Gasteiger partial charge >= 0.3 is 0 Å². The largest absolute Gasteiger partial charge is 0.397 e. The first kappa shape index (κ1) is 20.5. The summed E-state index contributed by atoms with van der Waals surface area (Å²) in [5.41, 5.74) is 8.84. The van der Waals surface area contributed by atoms with Gasteiger partial charge in [-0.05, 0) is 37.4 Å². The Bertz CT molecular complexity index is 1360. The van der Waals surface area contributed by atoms with Crippen molar-refractivity contribution in [1.82, 2.24) is 19.9 Å². The summed E-state index contributed by atoms with van der Waals surface area (Å²) in [5, 5.41) is 0.182. The Hall–Kier alpha value is -3.43. The number of H-pyrrole nitrogens is 2. The highest BCUT2D eigenvalue weighted by Gasteiger charge is 2.22. The maximum Gasteiger partial charge on any atom is 0.261 e. The van der Waals surface area contributed by atoms with E-state index in [0.717, 1.165) is 30.9 Å². The number of aromatic nitrogens is 3. The number of fused-ring (bicyclic) bond motifs is 2. The molecule has 32 heavy (non-hydrogen) atoms. The van der Waals surface area contributed by atoms with Crippen molar-refractivity contribution in [3.05, 3.63) is 52.6 Å². The van der Waals surface area contributed by atoms with Crippen LogP contribution in [0.4, 0.5) is 15.8 Å². The standard InChI is InChI=1S/C23H25FN6O2/c1-29-8-9-32-12-14(29)11-30(2)13-6-7-16-18(10-13)27-22(26-16)20-21(25)19-15(24)4-3-5-17(19)28-23(20)31/h3-7,10,14H,8-9,11-12H2,1-2H3,(H,26,27)(H3,25,28,31). The van der Waals surface area contributed by atoms with Crippen molar-refractivity contribution in [2.75, 3.05) is 51.0 Å². The van der Waals surface area contributed by atoms with Gasteiger partial charge in [0.1, 0.15) is 17.2 Å². The molecule has 4 aromatic rings. The number of nitrogen functional groups attached to an aromatic ring is 1. The molecular weight excluding hydrogens is 411 g/mol. The normalized spacial score (nSPS) is 17.3. The van der Waals surface area contributed by atoms with Crippen molar-refractivity contribution in [2.45, 2.75) is 6.04 Å². The molecule has 0 spiro atoms. The van der Waals surface area contributed by atoms with Crippen LogP contribution in [0.5, 0.6) is 0 Å². The Kier molecular flexibility index (Phi) is 5.07. The Balaban J connectivity index is 1.51. The fraction of sp³-hybridized carbons (Fsp3) is 0.304. The summed E-state index contributed by atoms with van der Waals surface area (Å²) in [7, 11) is 4.15. The summed E-state index contributed by atoms with van der Waals surface area (Å²) in [6.07, 6.45) is 0. The molecule has 0 radical (unpaired) electrons. The lowest BCUT2D eigenvalue weighted by atomic mass is 10.1. The fourth-order valence-electron chi connectivity index (χ4n) is 4.27. The van der Waals surface area contributed by atoms with Crippen LogP contribution in [0.3, 0.4) is 0 Å². The van der Waals surface area contributed by atoms with Crippen LogP contribution in [0, 0.1) is 5.82 Å². The van der Waals surface area contributed by atoms with Gasteiger partial charge in [0.15, 0.2) is 0 Å². The second-order valence-corrected chi connectivity index (χ2v) is 8.28. The van der Waals surface area contributed by atoms with Crippen LogP contribution in [0.2, 0.25) is 0 Å². The molecule has 4 N–H and O–H groups in total. The van der Waals surface area contributed by atoms with Gasteiger partial charge in [0.05, 0.1) is 46.9 Å². The van der Waals surface area contributed by atoms with Gasteiger partial charge in [0.25, 0.3) is 5.56 Å². The number of imidazole rings is 1. The summed E-state index contributed by atoms with van der Waals surface area (Å²) in [4.78, 5) is 27.6. The first-order chi connectivity index (χ1) is 15.4. The highest BCUT2D eigenvalue weighted by atomic mass is 19.1. The topological polar surface area (TPSA) is 103 Å². The Morgan fingerprint density at radius 2 is 2.12 bits per heavy atom. The molecule has 1 aliphatic heterocycles. The smallest absolute Gasteiger partial charge is 0.261 e. The van der Waals surface area contributed by atoms with E-state index in [2.05, 4.69) is 31.8 Å². The van der Waals surface area contributed by atoms with E-state index >= 15 is 0 Å². The highest BCUT2D eigenvalue weighted by molar-refractivity contribution is 5.98. The second-order valence-electron chi connectivity index (χ2n) is 8.28. The Morgan fingerprint density at radius 1 is 1.28 bits per heavy atom. The van der Waals surface area contributed by atoms with E-state index in [0.29, 0.717) is 29.5 Å². The lowest BCUT2D eigenvalue weighted by Gasteiger charge is -2.35. The van der Waals surface area contributed by atoms with Crippen LogP contribution in [0.25, 0.3) is 33.3 Å². The van der Waals surface area contributed by atoms with Gasteiger partial charge in [0.2, 0.25) is 0 Å². The van der Waals surface area contributed by atoms with E-state index in [1.807, 2.05) is 25.2 Å². The predicted octanol–water partition coefficient (Wildman–Crippen LogP) is 2.56. The van der Waals surface area contributed by atoms with E-state index < -0.39 is 11.4 Å². The van der Waals surface area contributed by atoms with Crippen molar-refractivity contribution in [1.29, 1.82) is 0 Å². The number of nitrogens with zero attached hydrogens (tertiary/aromatic N) is 3. The molecular formula is C23H25FN6O2. The van der Waals surface area contributed by atoms with Crippen LogP contribution < -0.4 is 16.2 Å². The zero-order chi connectivity index (χ0) is 22.4. The summed E-state index contributed by atoms with van der Waals surface area (Å²) < 4.78 is 20.0. The number of morpholine rings is 1. The molecule has 1 unspecified atom stereocenters. The van der Waals surface area contributed by atoms with Gasteiger partial charge in [-0.1, -0.05) is 6.07 Å². The van der Waals surface area contributed by atoms with Gasteiger partial charge in [-0.25, -0.2) is 9.37 Å². The van der Waals surface area contributed by atoms with E-state index in [1.54, 1.807) is 6.07 Å². The maximum atomic E-state index is 14.4. The number of hydrogen-bond acceptors (Lipinski definition) is 6. The summed E-state index contributed by atoms with van der Waals surface area (Å²) >= 11 is 0. The number of nitrogens with two attached hydrogens (primary N) is 1. The van der Waals surface area contributed by atoms with Crippen molar-refractivity contribution >= 4 is 33.3 Å². The molecule has 1 aliphatic rings. The van der Waals surface area contributed by atoms with E-state index in [4.69, 9.17) is 10.5 Å². The number of benzene rings is 2. The van der Waals surface area contributed by atoms with Crippen molar-refractivity contribution in [2.24, 2.45) is 0 Å². The van der Waals surface area contributed by atoms with Crippen LogP contribution in [-0.2, 0) is 4.74 Å². The van der Waals surface area contributed by atoms with E-state index in [9.17, 15) is 9.18 Å². The molecule has 1 atom stereocenters. The lowest BCUT2D eigenvalue weighted by Crippen LogP contribution is -2.48. The minimum absolute atomic E-state index is 0.0681. The number of likely N-dealkylation sites (N-methyl/N-ethyl adjacent to an activating group) is 2. The zero-order valence-corrected chi connectivity index (χ0v) is 18.0. The van der Waals surface area contributed by atoms with Crippen LogP contribution in [-0.4, -0.2) is 66.3 Å². The van der Waals surface area contributed by atoms with Crippen LogP contribution in [0.15, 0.2) is 41.2 Å². The number of halogens is 1. The van der Waals surface area contributed by atoms with Gasteiger partial charge in [-0.15, -0.1) is 0 Å². The summed E-state index contributed by atoms with van der Waals surface area (Å²) in [6, 6.07) is 10.7. The Morgan fingerprint density at radius 3 is 2.94 bits per heavy atom. The maximum absolute atomic E-state index is 14.4. The summed E-state index contributed by atoms with van der Waals surface area (Å²) in [5.74, 6) is -0.182. The molecule has 2 aromatic carbocycles. The third kappa shape index (κ3) is 3.49. The molecule has 2 aromatic heterocycles. The molecule has 8 nitrogen and oxygen atoms in total. The first-order valence-electron chi connectivity index (χ1n) is 10.5. The molecule has 1 saturated heterocycles. The predicted molar refractivity (Wildman–Crippen MR) is 125 cm³/mol. The lowest BCUT2D eigenvalue weighted by molar-refractivity contribution is 0.00913. The van der Waals surface area contributed by atoms with Gasteiger partial charge in [0, 0.05) is 25.8 Å². The molecule has 0 saturated carbocycles. The molecule has 0 aliphatic carbocycles. The van der Waals surface area contributed by atoms with Crippen molar-refractivity contribution in [3.63, 3.8) is 0 Å². The summed E-state index contributed by atoms with van der Waals surface area (Å²) in [6.45, 7) is 3.21. The third-order valence-electron chi connectivity index (χ3n) is 6.18. The number of rotatable bonds is 4. The SMILES string of the molecule is CN(CC1COCCN1C)c1ccc2nc(-c3c(N)c4c(F)cccc4[nH]c3=O)[nH]c2c1. The van der Waals surface area contributed by atoms with Gasteiger partial charge in [-0.3, -0.25) is 9.69 Å². The van der Waals surface area contributed by atoms with Crippen molar-refractivity contribution in [3.8, 4) is 11.4 Å². The van der Waals surface area contributed by atoms with Crippen LogP contribution in [0.1, 0.15) is 0 Å². The van der Waals surface area contributed by atoms with E-state index in [1.165, 1.54) is 12.1 Å². The number of aromatic amines is 2. The zero-order valence-electron chi connectivity index (χ0n) is 18.0. The number of pyridine rings is 1. The fourth-order valence-corrected chi connectivity index (χ4v) is 4.27. The molecule has 166 valence electrons. The molecule has 0 amide bonds. The molecule has 1 fully saturated rings. The number of ether oxygens (including phenoxy) is 1. The van der Waals surface area contributed by atoms with E-state index in [-0.39, 0.29) is 16.6 Å². The number of nitrogens with one attached hydrogen (secondary N) is 2.